The molecule has 0 fully saturated rings. The quantitative estimate of drug-likeness (QED) is 0.497. The van der Waals surface area contributed by atoms with Crippen molar-refractivity contribution < 1.29 is 15.1 Å². The zero-order chi connectivity index (χ0) is 3.58. The maximum atomic E-state index is 7.17. The third-order valence-electron chi connectivity index (χ3n) is 0. The van der Waals surface area contributed by atoms with E-state index in [1.54, 1.807) is 0 Å². The molecule has 0 aromatic rings. The molecule has 0 atom stereocenters. The Hall–Kier alpha value is 1.89. The van der Waals surface area contributed by atoms with E-state index in [-0.39, 0.29) is 73.1 Å². The fourth-order valence-corrected chi connectivity index (χ4v) is 0. The van der Waals surface area contributed by atoms with Crippen molar-refractivity contribution in [3.8, 4) is 0 Å². The van der Waals surface area contributed by atoms with Gasteiger partial charge in [-0.2, -0.15) is 0 Å². The Bertz CT molecular complexity index is 23.8. The molecule has 0 aliphatic rings. The van der Waals surface area contributed by atoms with Crippen LogP contribution in [0.3, 0.4) is 0 Å². The van der Waals surface area contributed by atoms with E-state index < -0.39 is 7.32 Å². The molecule has 3 N–H and O–H groups in total. The minimum atomic E-state index is -2.17. The molecule has 9 heteroatoms. The monoisotopic (exact) mass is 258 g/mol. The Kier molecular flexibility index (Phi) is 162. The van der Waals surface area contributed by atoms with E-state index in [0.717, 1.165) is 0 Å². The summed E-state index contributed by atoms with van der Waals surface area (Å²) in [6.45, 7) is 0. The summed E-state index contributed by atoms with van der Waals surface area (Å²) in [5.74, 6) is 0. The fraction of sp³-hybridized carbons (Fsp3) is 0. The molecule has 0 saturated carbocycles. The zero-order valence-corrected chi connectivity index (χ0v) is 7.71. The third kappa shape index (κ3) is 172. The van der Waals surface area contributed by atoms with Gasteiger partial charge < -0.3 is 15.1 Å². The molecular formula is H8BBrCl3LiO3. The molecule has 0 spiro atoms. The van der Waals surface area contributed by atoms with E-state index in [0.29, 0.717) is 0 Å². The molecule has 0 unspecified atom stereocenters. The van der Waals surface area contributed by atoms with Crippen LogP contribution < -0.4 is 0 Å². The van der Waals surface area contributed by atoms with Gasteiger partial charge >= 0.3 is 26.2 Å². The van der Waals surface area contributed by atoms with E-state index >= 15 is 0 Å². The first-order chi connectivity index (χ1) is 1.73. The normalized spacial score (nSPS) is 3.00. The van der Waals surface area contributed by atoms with Gasteiger partial charge in [-0.1, -0.05) is 0 Å². The van der Waals surface area contributed by atoms with E-state index in [1.807, 2.05) is 0 Å². The van der Waals surface area contributed by atoms with Crippen LogP contribution in [0.5, 0.6) is 0 Å². The molecule has 9 heavy (non-hydrogen) atoms. The molecule has 0 heterocycles. The summed E-state index contributed by atoms with van der Waals surface area (Å²) in [4.78, 5) is 0. The van der Waals surface area contributed by atoms with E-state index in [1.165, 1.54) is 0 Å². The van der Waals surface area contributed by atoms with Crippen LogP contribution in [0.15, 0.2) is 0 Å². The molecule has 0 aromatic carbocycles. The number of halogens is 4. The number of hydrogen-bond acceptors (Lipinski definition) is 3. The maximum absolute atomic E-state index is 7.17. The molecule has 0 aromatic heterocycles. The topological polar surface area (TPSA) is 60.7 Å². The van der Waals surface area contributed by atoms with Crippen molar-refractivity contribution in [1.29, 1.82) is 0 Å². The molecule has 0 rings (SSSR count). The van der Waals surface area contributed by atoms with Crippen LogP contribution in [0.25, 0.3) is 0 Å². The van der Waals surface area contributed by atoms with Gasteiger partial charge in [0.1, 0.15) is 0 Å². The van der Waals surface area contributed by atoms with Crippen molar-refractivity contribution in [2.45, 2.75) is 0 Å². The predicted octanol–water partition coefficient (Wildman–Crippen LogP) is -0.857. The average Bonchev–Trinajstić information content (AvgIpc) is 0.811. The van der Waals surface area contributed by atoms with Crippen LogP contribution in [-0.2, 0) is 0 Å². The van der Waals surface area contributed by atoms with Crippen molar-refractivity contribution in [3.05, 3.63) is 0 Å². The van der Waals surface area contributed by atoms with Crippen molar-refractivity contribution in [1.82, 2.24) is 0 Å². The first-order valence-corrected chi connectivity index (χ1v) is 0.775. The number of rotatable bonds is 0. The molecule has 58 valence electrons. The molecule has 0 aliphatic heterocycles. The Morgan fingerprint density at radius 3 is 0.778 bits per heavy atom. The Morgan fingerprint density at radius 2 is 0.778 bits per heavy atom. The molecule has 0 aliphatic carbocycles. The van der Waals surface area contributed by atoms with Crippen molar-refractivity contribution >= 4 is 80.4 Å². The Morgan fingerprint density at radius 1 is 0.778 bits per heavy atom. The van der Waals surface area contributed by atoms with Crippen molar-refractivity contribution in [2.24, 2.45) is 0 Å². The van der Waals surface area contributed by atoms with Gasteiger partial charge in [0, 0.05) is 0 Å². The second-order valence-electron chi connectivity index (χ2n) is 0.346. The predicted molar refractivity (Wildman–Crippen MR) is 51.6 cm³/mol. The molecule has 0 radical (unpaired) electrons. The summed E-state index contributed by atoms with van der Waals surface area (Å²) in [6.07, 6.45) is 0. The van der Waals surface area contributed by atoms with Crippen LogP contribution in [0, 0.1) is 0 Å². The standard InChI is InChI=1S/BH3O3.BrH.3ClH.Li.H/c2-1(3)4;;;;;;/h2-4H;4*1H;;. The minimum absolute atomic E-state index is 0. The summed E-state index contributed by atoms with van der Waals surface area (Å²) in [7, 11) is -2.17. The van der Waals surface area contributed by atoms with Crippen LogP contribution >= 0.6 is 54.2 Å². The summed E-state index contributed by atoms with van der Waals surface area (Å²) in [5.41, 5.74) is 0. The van der Waals surface area contributed by atoms with Crippen LogP contribution in [0.2, 0.25) is 0 Å². The van der Waals surface area contributed by atoms with Crippen molar-refractivity contribution in [2.75, 3.05) is 0 Å². The second-order valence-corrected chi connectivity index (χ2v) is 0.346. The summed E-state index contributed by atoms with van der Waals surface area (Å²) in [5, 5.41) is 21.5. The van der Waals surface area contributed by atoms with Crippen molar-refractivity contribution in [3.63, 3.8) is 0 Å². The van der Waals surface area contributed by atoms with E-state index in [4.69, 9.17) is 15.1 Å². The van der Waals surface area contributed by atoms with Gasteiger partial charge in [-0.25, -0.2) is 0 Å². The first-order valence-electron chi connectivity index (χ1n) is 0.775. The molecule has 0 amide bonds. The van der Waals surface area contributed by atoms with E-state index in [9.17, 15) is 0 Å². The van der Waals surface area contributed by atoms with E-state index in [2.05, 4.69) is 0 Å². The Labute approximate surface area is 95.0 Å². The van der Waals surface area contributed by atoms with Gasteiger partial charge in [0.15, 0.2) is 0 Å². The van der Waals surface area contributed by atoms with Crippen LogP contribution in [0.4, 0.5) is 0 Å². The molecule has 0 saturated heterocycles. The molecule has 3 nitrogen and oxygen atoms in total. The van der Waals surface area contributed by atoms with Gasteiger partial charge in [0.25, 0.3) is 0 Å². The summed E-state index contributed by atoms with van der Waals surface area (Å²) in [6, 6.07) is 0. The fourth-order valence-electron chi connectivity index (χ4n) is 0. The van der Waals surface area contributed by atoms with Gasteiger partial charge in [-0.05, 0) is 0 Å². The van der Waals surface area contributed by atoms with Crippen LogP contribution in [0.1, 0.15) is 0 Å². The van der Waals surface area contributed by atoms with Gasteiger partial charge in [0.05, 0.1) is 0 Å². The SMILES string of the molecule is Br.Cl.Cl.Cl.OB(O)O.[LiH]. The van der Waals surface area contributed by atoms with Gasteiger partial charge in [-0.15, -0.1) is 54.2 Å². The zero-order valence-electron chi connectivity index (χ0n) is 3.55. The summed E-state index contributed by atoms with van der Waals surface area (Å²) < 4.78 is 0. The average molecular weight is 260 g/mol. The Balaban J connectivity index is -0.00000000450. The number of hydrogen-bond donors (Lipinski definition) is 3. The summed E-state index contributed by atoms with van der Waals surface area (Å²) >= 11 is 0. The molecular weight excluding hydrogens is 252 g/mol. The van der Waals surface area contributed by atoms with Crippen LogP contribution in [-0.4, -0.2) is 41.3 Å². The molecule has 0 bridgehead atoms. The van der Waals surface area contributed by atoms with Gasteiger partial charge in [-0.3, -0.25) is 0 Å². The second kappa shape index (κ2) is 32.7. The first kappa shape index (κ1) is 44.5. The van der Waals surface area contributed by atoms with Gasteiger partial charge in [0.2, 0.25) is 0 Å². The third-order valence-corrected chi connectivity index (χ3v) is 0.